The normalized spacial score (nSPS) is 42.1. The number of rotatable bonds is 7. The van der Waals surface area contributed by atoms with E-state index in [1.54, 1.807) is 0 Å². The van der Waals surface area contributed by atoms with Crippen LogP contribution < -0.4 is 10.6 Å². The van der Waals surface area contributed by atoms with Crippen LogP contribution in [0, 0.1) is 56.2 Å². The maximum Gasteiger partial charge on any atom is 0.226 e. The molecule has 5 rings (SSSR count). The van der Waals surface area contributed by atoms with Gasteiger partial charge in [-0.25, -0.2) is 0 Å². The van der Waals surface area contributed by atoms with E-state index in [2.05, 4.69) is 65.7 Å². The highest BCUT2D eigenvalue weighted by molar-refractivity contribution is 6.01. The van der Waals surface area contributed by atoms with E-state index in [4.69, 9.17) is 0 Å². The van der Waals surface area contributed by atoms with Crippen LogP contribution in [0.2, 0.25) is 0 Å². The van der Waals surface area contributed by atoms with E-state index in [0.29, 0.717) is 25.1 Å². The van der Waals surface area contributed by atoms with Gasteiger partial charge < -0.3 is 10.6 Å². The molecule has 0 heterocycles. The Morgan fingerprint density at radius 1 is 0.911 bits per heavy atom. The molecule has 4 saturated carbocycles. The Kier molecular flexibility index (Phi) is 8.48. The van der Waals surface area contributed by atoms with Crippen LogP contribution in [-0.2, 0) is 19.2 Å². The van der Waals surface area contributed by atoms with E-state index in [1.807, 2.05) is 19.9 Å². The quantitative estimate of drug-likeness (QED) is 0.230. The van der Waals surface area contributed by atoms with Crippen LogP contribution in [0.3, 0.4) is 0 Å². The van der Waals surface area contributed by atoms with Crippen molar-refractivity contribution in [3.8, 4) is 0 Å². The second-order valence-corrected chi connectivity index (χ2v) is 17.6. The summed E-state index contributed by atoms with van der Waals surface area (Å²) in [6.45, 7) is 24.8. The number of carbonyl (C=O) groups excluding carboxylic acids is 4. The molecule has 45 heavy (non-hydrogen) atoms. The van der Waals surface area contributed by atoms with Crippen LogP contribution in [0.4, 0.5) is 0 Å². The van der Waals surface area contributed by atoms with Crippen LogP contribution in [0.5, 0.6) is 0 Å². The second kappa shape index (κ2) is 11.2. The number of amides is 2. The van der Waals surface area contributed by atoms with Crippen LogP contribution >= 0.6 is 0 Å². The largest absolute Gasteiger partial charge is 0.354 e. The Morgan fingerprint density at radius 2 is 1.53 bits per heavy atom. The van der Waals surface area contributed by atoms with Gasteiger partial charge in [-0.05, 0) is 109 Å². The summed E-state index contributed by atoms with van der Waals surface area (Å²) in [5.41, 5.74) is 0.293. The standard InChI is InChI=1S/C39H60N2O4/c1-11-25(12-2)32(44)40-19-20-41-33(45)36(7)16-15-35(6)17-18-38(9)26(27(35)23-36)21-28(42)30-37(8)22-24(3)31(43)34(4,5)29(37)13-14-39(30,38)10/h21,25,27,29-30H,3,11-20,22-23H2,1-2,4-10H3,(H,40,44)(H,41,45)/t27-,29-,30+,35+,36-,37-,38+,39+/m0/s1. The van der Waals surface area contributed by atoms with E-state index in [9.17, 15) is 19.2 Å². The molecule has 2 amide bonds. The summed E-state index contributed by atoms with van der Waals surface area (Å²) in [6.07, 6.45) is 10.8. The van der Waals surface area contributed by atoms with Gasteiger partial charge in [-0.3, -0.25) is 19.2 Å². The fourth-order valence-electron chi connectivity index (χ4n) is 11.7. The van der Waals surface area contributed by atoms with E-state index in [1.165, 1.54) is 5.57 Å². The molecule has 6 heteroatoms. The lowest BCUT2D eigenvalue weighted by molar-refractivity contribution is -0.182. The lowest BCUT2D eigenvalue weighted by atomic mass is 9.33. The van der Waals surface area contributed by atoms with E-state index in [0.717, 1.165) is 57.8 Å². The Morgan fingerprint density at radius 3 is 2.18 bits per heavy atom. The summed E-state index contributed by atoms with van der Waals surface area (Å²) in [6, 6.07) is 0. The average Bonchev–Trinajstić information content (AvgIpc) is 2.96. The van der Waals surface area contributed by atoms with Gasteiger partial charge in [-0.2, -0.15) is 0 Å². The molecule has 0 aliphatic heterocycles. The van der Waals surface area contributed by atoms with E-state index >= 15 is 0 Å². The SMILES string of the molecule is C=C1C[C@]2(C)[C@H]3C(=O)C=C4[C@@H]5C[C@@](C)(C(=O)NCCNC(=O)C(CC)CC)CC[C@]5(C)CC[C@@]4(C)[C@]3(C)CC[C@H]2C(C)(C)C1=O. The topological polar surface area (TPSA) is 92.3 Å². The molecule has 250 valence electrons. The number of hydrogen-bond donors (Lipinski definition) is 2. The molecule has 4 fully saturated rings. The molecule has 0 bridgehead atoms. The third-order valence-corrected chi connectivity index (χ3v) is 14.8. The van der Waals surface area contributed by atoms with Crippen molar-refractivity contribution < 1.29 is 19.2 Å². The summed E-state index contributed by atoms with van der Waals surface area (Å²) in [7, 11) is 0. The van der Waals surface area contributed by atoms with Gasteiger partial charge >= 0.3 is 0 Å². The van der Waals surface area contributed by atoms with Gasteiger partial charge in [0.1, 0.15) is 0 Å². The third-order valence-electron chi connectivity index (χ3n) is 14.8. The van der Waals surface area contributed by atoms with Crippen LogP contribution in [-0.4, -0.2) is 36.5 Å². The maximum absolute atomic E-state index is 14.6. The van der Waals surface area contributed by atoms with Crippen LogP contribution in [0.25, 0.3) is 0 Å². The number of allylic oxidation sites excluding steroid dienone is 3. The average molecular weight is 621 g/mol. The summed E-state index contributed by atoms with van der Waals surface area (Å²) in [5, 5.41) is 6.14. The number of ketones is 2. The van der Waals surface area contributed by atoms with Gasteiger partial charge in [-0.15, -0.1) is 0 Å². The predicted octanol–water partition coefficient (Wildman–Crippen LogP) is 7.37. The monoisotopic (exact) mass is 620 g/mol. The number of Topliss-reactive ketones (excluding diaryl/α,β-unsaturated/α-hetero) is 1. The van der Waals surface area contributed by atoms with Crippen LogP contribution in [0.1, 0.15) is 127 Å². The van der Waals surface area contributed by atoms with Crippen molar-refractivity contribution in [2.45, 2.75) is 127 Å². The summed E-state index contributed by atoms with van der Waals surface area (Å²) in [5.74, 6) is 0.699. The van der Waals surface area contributed by atoms with Crippen molar-refractivity contribution in [2.24, 2.45) is 56.2 Å². The number of fused-ring (bicyclic) bond motifs is 7. The second-order valence-electron chi connectivity index (χ2n) is 17.6. The van der Waals surface area contributed by atoms with Crippen molar-refractivity contribution in [3.05, 3.63) is 23.8 Å². The minimum absolute atomic E-state index is 0.0198. The molecular formula is C39H60N2O4. The summed E-state index contributed by atoms with van der Waals surface area (Å²) in [4.78, 5) is 54.0. The van der Waals surface area contributed by atoms with Gasteiger partial charge in [0.2, 0.25) is 11.8 Å². The Hall–Kier alpha value is -2.24. The number of hydrogen-bond acceptors (Lipinski definition) is 4. The van der Waals surface area contributed by atoms with Crippen LogP contribution in [0.15, 0.2) is 23.8 Å². The molecule has 0 spiro atoms. The van der Waals surface area contributed by atoms with Gasteiger partial charge in [0.05, 0.1) is 0 Å². The zero-order chi connectivity index (χ0) is 33.4. The minimum Gasteiger partial charge on any atom is -0.354 e. The van der Waals surface area contributed by atoms with Gasteiger partial charge in [0.25, 0.3) is 0 Å². The predicted molar refractivity (Wildman–Crippen MR) is 179 cm³/mol. The fourth-order valence-corrected chi connectivity index (χ4v) is 11.7. The van der Waals surface area contributed by atoms with Gasteiger partial charge in [0, 0.05) is 35.8 Å². The molecule has 5 aliphatic rings. The highest BCUT2D eigenvalue weighted by atomic mass is 16.2. The highest BCUT2D eigenvalue weighted by Crippen LogP contribution is 2.75. The fraction of sp³-hybridized carbons (Fsp3) is 0.795. The highest BCUT2D eigenvalue weighted by Gasteiger charge is 2.70. The summed E-state index contributed by atoms with van der Waals surface area (Å²) >= 11 is 0. The molecular weight excluding hydrogens is 560 g/mol. The maximum atomic E-state index is 14.6. The molecule has 6 nitrogen and oxygen atoms in total. The molecule has 5 aliphatic carbocycles. The zero-order valence-electron chi connectivity index (χ0n) is 29.7. The Bertz CT molecular complexity index is 1330. The van der Waals surface area contributed by atoms with Crippen molar-refractivity contribution in [1.82, 2.24) is 10.6 Å². The van der Waals surface area contributed by atoms with Crippen molar-refractivity contribution in [1.29, 1.82) is 0 Å². The Labute approximate surface area is 272 Å². The molecule has 0 aromatic heterocycles. The molecule has 8 atom stereocenters. The van der Waals surface area contributed by atoms with Gasteiger partial charge in [-0.1, -0.05) is 74.5 Å². The first-order chi connectivity index (χ1) is 20.8. The lowest BCUT2D eigenvalue weighted by Gasteiger charge is -2.70. The number of nitrogens with one attached hydrogen (secondary N) is 2. The van der Waals surface area contributed by atoms with Gasteiger partial charge in [0.15, 0.2) is 11.6 Å². The third kappa shape index (κ3) is 4.93. The summed E-state index contributed by atoms with van der Waals surface area (Å²) < 4.78 is 0. The molecule has 0 aromatic carbocycles. The molecule has 2 N–H and O–H groups in total. The minimum atomic E-state index is -0.529. The van der Waals surface area contributed by atoms with E-state index in [-0.39, 0.29) is 68.7 Å². The first-order valence-corrected chi connectivity index (χ1v) is 17.9. The smallest absolute Gasteiger partial charge is 0.226 e. The van der Waals surface area contributed by atoms with E-state index < -0.39 is 10.8 Å². The first kappa shape index (κ1) is 34.1. The zero-order valence-corrected chi connectivity index (χ0v) is 29.7. The van der Waals surface area contributed by atoms with Crippen molar-refractivity contribution in [3.63, 3.8) is 0 Å². The molecule has 0 radical (unpaired) electrons. The van der Waals surface area contributed by atoms with Crippen molar-refractivity contribution >= 4 is 23.4 Å². The number of carbonyl (C=O) groups is 4. The first-order valence-electron chi connectivity index (χ1n) is 17.9. The van der Waals surface area contributed by atoms with Crippen molar-refractivity contribution in [2.75, 3.05) is 13.1 Å². The lowest BCUT2D eigenvalue weighted by Crippen LogP contribution is -2.66. The molecule has 0 unspecified atom stereocenters. The molecule has 0 saturated heterocycles. The Balaban J connectivity index is 1.41. The molecule has 0 aromatic rings.